The minimum absolute atomic E-state index is 0.123. The number of ether oxygens (including phenoxy) is 1. The second-order valence-electron chi connectivity index (χ2n) is 5.62. The summed E-state index contributed by atoms with van der Waals surface area (Å²) >= 11 is 0. The van der Waals surface area contributed by atoms with E-state index in [1.807, 2.05) is 4.98 Å². The van der Waals surface area contributed by atoms with Crippen molar-refractivity contribution in [3.8, 4) is 0 Å². The zero-order chi connectivity index (χ0) is 17.9. The topological polar surface area (TPSA) is 165 Å². The van der Waals surface area contributed by atoms with E-state index >= 15 is 0 Å². The van der Waals surface area contributed by atoms with Crippen LogP contribution in [0.25, 0.3) is 0 Å². The lowest BCUT2D eigenvalue weighted by Gasteiger charge is -2.26. The maximum atomic E-state index is 12.2. The van der Waals surface area contributed by atoms with Gasteiger partial charge in [-0.25, -0.2) is 8.98 Å². The summed E-state index contributed by atoms with van der Waals surface area (Å²) in [5, 5.41) is 19.9. The lowest BCUT2D eigenvalue weighted by molar-refractivity contribution is -0.141. The Bertz CT molecular complexity index is 917. The highest BCUT2D eigenvalue weighted by molar-refractivity contribution is 7.88. The van der Waals surface area contributed by atoms with Gasteiger partial charge in [-0.15, -0.1) is 0 Å². The first-order chi connectivity index (χ1) is 11.1. The summed E-state index contributed by atoms with van der Waals surface area (Å²) < 4.78 is 34.1. The zero-order valence-electron chi connectivity index (χ0n) is 12.3. The van der Waals surface area contributed by atoms with Crippen LogP contribution in [0.5, 0.6) is 0 Å². The fraction of sp³-hybridized carbons (Fsp3) is 0.583. The lowest BCUT2D eigenvalue weighted by Crippen LogP contribution is -2.54. The van der Waals surface area contributed by atoms with Crippen molar-refractivity contribution in [3.63, 3.8) is 0 Å². The van der Waals surface area contributed by atoms with Crippen molar-refractivity contribution in [2.75, 3.05) is 12.4 Å². The molecule has 3 rings (SSSR count). The highest BCUT2D eigenvalue weighted by Crippen LogP contribution is 2.44. The van der Waals surface area contributed by atoms with Gasteiger partial charge in [-0.05, 0) is 6.92 Å². The number of aliphatic hydroxyl groups excluding tert-OH is 2. The molecule has 3 heterocycles. The van der Waals surface area contributed by atoms with E-state index in [0.717, 1.165) is 10.8 Å². The molecule has 2 saturated heterocycles. The molecule has 0 aliphatic carbocycles. The predicted octanol–water partition coefficient (Wildman–Crippen LogP) is -3.24. The average Bonchev–Trinajstić information content (AvgIpc) is 2.89. The normalized spacial score (nSPS) is 35.0. The van der Waals surface area contributed by atoms with E-state index < -0.39 is 63.5 Å². The van der Waals surface area contributed by atoms with Gasteiger partial charge in [-0.1, -0.05) is 0 Å². The quantitative estimate of drug-likeness (QED) is 0.458. The van der Waals surface area contributed by atoms with Crippen molar-refractivity contribution < 1.29 is 32.3 Å². The van der Waals surface area contributed by atoms with E-state index in [9.17, 15) is 33.0 Å². The molecule has 1 aromatic rings. The minimum Gasteiger partial charge on any atom is -0.394 e. The van der Waals surface area contributed by atoms with Crippen LogP contribution in [0.1, 0.15) is 11.8 Å². The zero-order valence-corrected chi connectivity index (χ0v) is 13.1. The van der Waals surface area contributed by atoms with Gasteiger partial charge in [0.15, 0.2) is 12.0 Å². The van der Waals surface area contributed by atoms with Gasteiger partial charge >= 0.3 is 5.69 Å². The number of nitrogens with zero attached hydrogens (tertiary/aromatic N) is 1. The lowest BCUT2D eigenvalue weighted by atomic mass is 9.88. The van der Waals surface area contributed by atoms with E-state index in [-0.39, 0.29) is 5.56 Å². The molecular formula is C12H14N2O9S. The fourth-order valence-corrected chi connectivity index (χ4v) is 4.25. The van der Waals surface area contributed by atoms with Crippen LogP contribution in [0.3, 0.4) is 0 Å². The number of H-pyrrole nitrogens is 1. The van der Waals surface area contributed by atoms with Crippen molar-refractivity contribution in [1.82, 2.24) is 9.55 Å². The van der Waals surface area contributed by atoms with E-state index in [4.69, 9.17) is 8.92 Å². The molecular weight excluding hydrogens is 348 g/mol. The molecule has 0 aromatic carbocycles. The third-order valence-corrected chi connectivity index (χ3v) is 5.23. The number of carbonyl (C=O) groups excluding carboxylic acids is 1. The highest BCUT2D eigenvalue weighted by atomic mass is 32.2. The van der Waals surface area contributed by atoms with E-state index in [0.29, 0.717) is 0 Å². The second kappa shape index (κ2) is 5.32. The molecule has 0 amide bonds. The molecule has 24 heavy (non-hydrogen) atoms. The smallest absolute Gasteiger partial charge is 0.330 e. The number of aryl methyl sites for hydroxylation is 1. The predicted molar refractivity (Wildman–Crippen MR) is 75.7 cm³/mol. The molecule has 0 bridgehead atoms. The maximum Gasteiger partial charge on any atom is 0.330 e. The van der Waals surface area contributed by atoms with Crippen LogP contribution in [0, 0.1) is 6.92 Å². The van der Waals surface area contributed by atoms with Crippen LogP contribution >= 0.6 is 0 Å². The Kier molecular flexibility index (Phi) is 3.77. The van der Waals surface area contributed by atoms with E-state index in [1.165, 1.54) is 6.92 Å². The number of hydrogen-bond donors (Lipinski definition) is 3. The molecule has 3 N–H and O–H groups in total. The molecule has 2 aliphatic rings. The van der Waals surface area contributed by atoms with Crippen LogP contribution in [0.4, 0.5) is 0 Å². The van der Waals surface area contributed by atoms with Gasteiger partial charge in [0.25, 0.3) is 15.7 Å². The Balaban J connectivity index is 2.12. The third-order valence-electron chi connectivity index (χ3n) is 4.09. The van der Waals surface area contributed by atoms with Crippen molar-refractivity contribution in [2.24, 2.45) is 0 Å². The maximum absolute atomic E-state index is 12.2. The summed E-state index contributed by atoms with van der Waals surface area (Å²) in [6, 6.07) is 0. The number of rotatable bonds is 2. The van der Waals surface area contributed by atoms with Gasteiger partial charge in [0.05, 0.1) is 6.61 Å². The largest absolute Gasteiger partial charge is 0.394 e. The summed E-state index contributed by atoms with van der Waals surface area (Å²) in [6.07, 6.45) is -3.82. The van der Waals surface area contributed by atoms with Crippen LogP contribution in [-0.2, 0) is 23.8 Å². The molecule has 0 unspecified atom stereocenters. The molecule has 0 saturated carbocycles. The van der Waals surface area contributed by atoms with Gasteiger partial charge in [0, 0.05) is 11.8 Å². The first-order valence-corrected chi connectivity index (χ1v) is 8.43. The molecule has 1 spiro atoms. The van der Waals surface area contributed by atoms with Crippen molar-refractivity contribution in [1.29, 1.82) is 0 Å². The van der Waals surface area contributed by atoms with Crippen molar-refractivity contribution in [3.05, 3.63) is 32.6 Å². The number of ketones is 1. The number of aromatic nitrogens is 2. The van der Waals surface area contributed by atoms with Gasteiger partial charge < -0.3 is 14.9 Å². The molecule has 0 radical (unpaired) electrons. The summed E-state index contributed by atoms with van der Waals surface area (Å²) in [5.74, 6) is -1.96. The van der Waals surface area contributed by atoms with Crippen LogP contribution in [0.15, 0.2) is 15.8 Å². The molecule has 4 atom stereocenters. The molecule has 1 aromatic heterocycles. The number of hydrogen-bond acceptors (Lipinski definition) is 9. The Morgan fingerprint density at radius 2 is 2.08 bits per heavy atom. The third kappa shape index (κ3) is 2.26. The van der Waals surface area contributed by atoms with Gasteiger partial charge in [-0.2, -0.15) is 8.42 Å². The number of nitrogens with one attached hydrogen (secondary N) is 1. The van der Waals surface area contributed by atoms with Crippen molar-refractivity contribution >= 4 is 15.9 Å². The Labute approximate surface area is 134 Å². The highest BCUT2D eigenvalue weighted by Gasteiger charge is 2.68. The second-order valence-corrected chi connectivity index (χ2v) is 7.19. The Morgan fingerprint density at radius 3 is 2.62 bits per heavy atom. The van der Waals surface area contributed by atoms with Crippen LogP contribution in [0.2, 0.25) is 0 Å². The van der Waals surface area contributed by atoms with E-state index in [1.54, 1.807) is 0 Å². The number of Topliss-reactive ketones (excluding diaryl/α,β-unsaturated/α-hetero) is 1. The first-order valence-electron chi connectivity index (χ1n) is 6.85. The van der Waals surface area contributed by atoms with Crippen LogP contribution < -0.4 is 11.2 Å². The van der Waals surface area contributed by atoms with Gasteiger partial charge in [0.2, 0.25) is 5.60 Å². The van der Waals surface area contributed by atoms with Gasteiger partial charge in [0.1, 0.15) is 18.0 Å². The molecule has 2 fully saturated rings. The summed E-state index contributed by atoms with van der Waals surface area (Å²) in [7, 11) is -4.24. The van der Waals surface area contributed by atoms with Crippen molar-refractivity contribution in [2.45, 2.75) is 31.0 Å². The number of carbonyl (C=O) groups is 1. The first kappa shape index (κ1) is 17.0. The number of aromatic amines is 1. The molecule has 11 nitrogen and oxygen atoms in total. The standard InChI is InChI=1S/C12H14N2O9S/c1-5-2-14(11(19)13-9(5)18)10-8(17)12(7(3-15)22-10)6(16)4-24(20,21)23-12/h2,7-8,10,15,17H,3-4H2,1H3,(H,13,18,19)/t7-,8+,10-,12-/m1/s1. The summed E-state index contributed by atoms with van der Waals surface area (Å²) in [5.41, 5.74) is -3.79. The van der Waals surface area contributed by atoms with Crippen LogP contribution in [-0.4, -0.2) is 64.1 Å². The molecule has 2 aliphatic heterocycles. The molecule has 12 heteroatoms. The summed E-state index contributed by atoms with van der Waals surface area (Å²) in [4.78, 5) is 37.5. The Morgan fingerprint density at radius 1 is 1.42 bits per heavy atom. The molecule has 132 valence electrons. The SMILES string of the molecule is Cc1cn([C@@H]2O[C@H](CO)[C@@]3(OS(=O)(=O)CC3=O)[C@H]2O)c(=O)[nH]c1=O. The number of aliphatic hydroxyl groups is 2. The Hall–Kier alpha value is -1.86. The summed E-state index contributed by atoms with van der Waals surface area (Å²) in [6.45, 7) is 0.572. The van der Waals surface area contributed by atoms with Gasteiger partial charge in [-0.3, -0.25) is 19.1 Å². The fourth-order valence-electron chi connectivity index (χ4n) is 2.92. The monoisotopic (exact) mass is 362 g/mol. The average molecular weight is 362 g/mol. The van der Waals surface area contributed by atoms with E-state index in [2.05, 4.69) is 0 Å². The minimum atomic E-state index is -4.24.